The highest BCUT2D eigenvalue weighted by molar-refractivity contribution is 6.80. The van der Waals surface area contributed by atoms with Gasteiger partial charge in [-0.3, -0.25) is 0 Å². The first-order valence-electron chi connectivity index (χ1n) is 7.09. The van der Waals surface area contributed by atoms with Gasteiger partial charge in [-0.2, -0.15) is 0 Å². The summed E-state index contributed by atoms with van der Waals surface area (Å²) in [5, 5.41) is 0. The number of rotatable bonds is 8. The lowest BCUT2D eigenvalue weighted by molar-refractivity contribution is 0.386. The lowest BCUT2D eigenvalue weighted by Crippen LogP contribution is -2.46. The second-order valence-electron chi connectivity index (χ2n) is 5.48. The van der Waals surface area contributed by atoms with Crippen LogP contribution in [0.5, 0.6) is 0 Å². The van der Waals surface area contributed by atoms with Gasteiger partial charge in [-0.25, -0.2) is 0 Å². The summed E-state index contributed by atoms with van der Waals surface area (Å²) in [5.74, 6) is 0. The zero-order valence-electron chi connectivity index (χ0n) is 11.3. The second-order valence-corrected chi connectivity index (χ2v) is 10.2. The Morgan fingerprint density at radius 1 is 1.12 bits per heavy atom. The molecule has 0 N–H and O–H groups in total. The molecule has 1 saturated heterocycles. The van der Waals surface area contributed by atoms with Gasteiger partial charge in [-0.1, -0.05) is 44.9 Å². The number of hydrogen-bond donors (Lipinski definition) is 0. The molecule has 0 aromatic carbocycles. The van der Waals surface area contributed by atoms with Crippen LogP contribution >= 0.6 is 0 Å². The van der Waals surface area contributed by atoms with Crippen LogP contribution in [0, 0.1) is 0 Å². The van der Waals surface area contributed by atoms with Crippen LogP contribution in [0.25, 0.3) is 0 Å². The van der Waals surface area contributed by atoms with E-state index in [1.54, 1.807) is 0 Å². The van der Waals surface area contributed by atoms with Crippen LogP contribution in [-0.4, -0.2) is 32.2 Å². The van der Waals surface area contributed by atoms with Crippen molar-refractivity contribution in [3.05, 3.63) is 12.7 Å². The predicted octanol–water partition coefficient (Wildman–Crippen LogP) is 4.08. The number of hydrogen-bond acceptors (Lipinski definition) is 1. The fourth-order valence-electron chi connectivity index (χ4n) is 3.33. The highest BCUT2D eigenvalue weighted by Gasteiger charge is 2.32. The van der Waals surface area contributed by atoms with Crippen molar-refractivity contribution in [2.45, 2.75) is 57.7 Å². The highest BCUT2D eigenvalue weighted by atomic mass is 28.3. The lowest BCUT2D eigenvalue weighted by Gasteiger charge is -2.34. The van der Waals surface area contributed by atoms with Gasteiger partial charge in [0.2, 0.25) is 0 Å². The molecule has 0 saturated carbocycles. The summed E-state index contributed by atoms with van der Waals surface area (Å²) >= 11 is 0. The molecular formula is C14H29NSi. The topological polar surface area (TPSA) is 3.24 Å². The minimum absolute atomic E-state index is 1.05. The SMILES string of the molecule is C=CC[Si](CCC)(CCC)CN1CCCC1. The van der Waals surface area contributed by atoms with Crippen LogP contribution in [0.1, 0.15) is 39.5 Å². The Kier molecular flexibility index (Phi) is 6.36. The summed E-state index contributed by atoms with van der Waals surface area (Å²) in [6.07, 6.45) is 9.24. The number of nitrogens with zero attached hydrogens (tertiary/aromatic N) is 1. The van der Waals surface area contributed by atoms with Gasteiger partial charge < -0.3 is 4.90 Å². The smallest absolute Gasteiger partial charge is 0.0727 e. The van der Waals surface area contributed by atoms with E-state index >= 15 is 0 Å². The lowest BCUT2D eigenvalue weighted by atomic mass is 10.4. The standard InChI is InChI=1S/C14H29NSi/c1-4-11-16(12-5-2,13-6-3)14-15-9-7-8-10-15/h4H,1,5-14H2,2-3H3. The van der Waals surface area contributed by atoms with Crippen LogP contribution in [0.3, 0.4) is 0 Å². The fraction of sp³-hybridized carbons (Fsp3) is 0.857. The molecule has 1 rings (SSSR count). The maximum Gasteiger partial charge on any atom is 0.0727 e. The maximum atomic E-state index is 4.00. The predicted molar refractivity (Wildman–Crippen MR) is 76.6 cm³/mol. The summed E-state index contributed by atoms with van der Waals surface area (Å²) in [6, 6.07) is 4.35. The Hall–Kier alpha value is -0.0831. The molecule has 0 aliphatic carbocycles. The van der Waals surface area contributed by atoms with Crippen molar-refractivity contribution in [2.75, 3.05) is 19.3 Å². The van der Waals surface area contributed by atoms with Gasteiger partial charge in [0.15, 0.2) is 0 Å². The van der Waals surface area contributed by atoms with E-state index < -0.39 is 8.07 Å². The first-order valence-corrected chi connectivity index (χ1v) is 9.92. The summed E-state index contributed by atoms with van der Waals surface area (Å²) in [6.45, 7) is 11.4. The monoisotopic (exact) mass is 239 g/mol. The molecule has 1 fully saturated rings. The van der Waals surface area contributed by atoms with Gasteiger partial charge in [0.05, 0.1) is 8.07 Å². The molecule has 0 spiro atoms. The maximum absolute atomic E-state index is 4.00. The van der Waals surface area contributed by atoms with E-state index in [1.807, 2.05) is 0 Å². The summed E-state index contributed by atoms with van der Waals surface area (Å²) in [4.78, 5) is 2.74. The van der Waals surface area contributed by atoms with E-state index in [4.69, 9.17) is 0 Å². The molecular weight excluding hydrogens is 210 g/mol. The molecule has 2 heteroatoms. The number of allylic oxidation sites excluding steroid dienone is 1. The molecule has 0 aromatic rings. The summed E-state index contributed by atoms with van der Waals surface area (Å²) < 4.78 is 0. The third-order valence-electron chi connectivity index (χ3n) is 3.90. The van der Waals surface area contributed by atoms with E-state index in [9.17, 15) is 0 Å². The third-order valence-corrected chi connectivity index (χ3v) is 9.29. The Morgan fingerprint density at radius 2 is 1.69 bits per heavy atom. The van der Waals surface area contributed by atoms with Crippen molar-refractivity contribution in [1.82, 2.24) is 4.90 Å². The third kappa shape index (κ3) is 4.06. The Bertz CT molecular complexity index is 191. The molecule has 0 unspecified atom stereocenters. The van der Waals surface area contributed by atoms with Crippen molar-refractivity contribution < 1.29 is 0 Å². The quantitative estimate of drug-likeness (QED) is 0.456. The molecule has 0 aromatic heterocycles. The van der Waals surface area contributed by atoms with Crippen molar-refractivity contribution in [3.63, 3.8) is 0 Å². The van der Waals surface area contributed by atoms with Gasteiger partial charge in [-0.15, -0.1) is 6.58 Å². The molecule has 0 amide bonds. The van der Waals surface area contributed by atoms with E-state index in [0.717, 1.165) is 0 Å². The number of likely N-dealkylation sites (tertiary alicyclic amines) is 1. The van der Waals surface area contributed by atoms with E-state index in [0.29, 0.717) is 0 Å². The average molecular weight is 239 g/mol. The highest BCUT2D eigenvalue weighted by Crippen LogP contribution is 2.27. The van der Waals surface area contributed by atoms with E-state index in [1.165, 1.54) is 63.1 Å². The van der Waals surface area contributed by atoms with Crippen LogP contribution < -0.4 is 0 Å². The van der Waals surface area contributed by atoms with Gasteiger partial charge in [0.25, 0.3) is 0 Å². The minimum Gasteiger partial charge on any atom is -0.306 e. The van der Waals surface area contributed by atoms with Crippen molar-refractivity contribution in [2.24, 2.45) is 0 Å². The van der Waals surface area contributed by atoms with Crippen LogP contribution in [0.2, 0.25) is 18.1 Å². The second kappa shape index (κ2) is 7.28. The van der Waals surface area contributed by atoms with Gasteiger partial charge in [-0.05, 0) is 38.1 Å². The average Bonchev–Trinajstić information content (AvgIpc) is 2.71. The molecule has 1 heterocycles. The Labute approximate surface area is 103 Å². The van der Waals surface area contributed by atoms with Crippen molar-refractivity contribution >= 4 is 8.07 Å². The van der Waals surface area contributed by atoms with Gasteiger partial charge >= 0.3 is 0 Å². The zero-order valence-corrected chi connectivity index (χ0v) is 12.3. The van der Waals surface area contributed by atoms with Crippen LogP contribution in [0.4, 0.5) is 0 Å². The van der Waals surface area contributed by atoms with Gasteiger partial charge in [0.1, 0.15) is 0 Å². The first kappa shape index (κ1) is 14.0. The Balaban J connectivity index is 2.60. The molecule has 0 radical (unpaired) electrons. The molecule has 16 heavy (non-hydrogen) atoms. The zero-order chi connectivity index (χ0) is 11.9. The molecule has 1 aliphatic rings. The van der Waals surface area contributed by atoms with Crippen molar-refractivity contribution in [3.8, 4) is 0 Å². The van der Waals surface area contributed by atoms with Crippen LogP contribution in [0.15, 0.2) is 12.7 Å². The van der Waals surface area contributed by atoms with E-state index in [2.05, 4.69) is 31.4 Å². The first-order chi connectivity index (χ1) is 7.76. The minimum atomic E-state index is -1.05. The summed E-state index contributed by atoms with van der Waals surface area (Å²) in [5.41, 5.74) is 0. The van der Waals surface area contributed by atoms with E-state index in [-0.39, 0.29) is 0 Å². The molecule has 0 bridgehead atoms. The normalized spacial score (nSPS) is 17.9. The van der Waals surface area contributed by atoms with Crippen LogP contribution in [-0.2, 0) is 0 Å². The molecule has 1 aliphatic heterocycles. The molecule has 0 atom stereocenters. The van der Waals surface area contributed by atoms with Gasteiger partial charge in [0, 0.05) is 0 Å². The molecule has 1 nitrogen and oxygen atoms in total. The Morgan fingerprint density at radius 3 is 2.12 bits per heavy atom. The largest absolute Gasteiger partial charge is 0.306 e. The van der Waals surface area contributed by atoms with Crippen molar-refractivity contribution in [1.29, 1.82) is 0 Å². The molecule has 94 valence electrons. The fourth-order valence-corrected chi connectivity index (χ4v) is 8.44. The summed E-state index contributed by atoms with van der Waals surface area (Å²) in [7, 11) is -1.05.